The lowest BCUT2D eigenvalue weighted by Crippen LogP contribution is -2.09. The third kappa shape index (κ3) is 3.69. The van der Waals surface area contributed by atoms with E-state index in [1.54, 1.807) is 6.92 Å². The SMILES string of the molecule is C=C(C)C(=O)Oc1c(SC)cc(Oc2ccccc2)c2ccccc12. The van der Waals surface area contributed by atoms with Crippen LogP contribution in [0.2, 0.25) is 0 Å². The van der Waals surface area contributed by atoms with Gasteiger partial charge in [-0.05, 0) is 31.4 Å². The Morgan fingerprint density at radius 3 is 2.28 bits per heavy atom. The summed E-state index contributed by atoms with van der Waals surface area (Å²) in [7, 11) is 0. The first-order chi connectivity index (χ1) is 12.1. The van der Waals surface area contributed by atoms with E-state index in [9.17, 15) is 4.79 Å². The number of carbonyl (C=O) groups excluding carboxylic acids is 1. The second kappa shape index (κ2) is 7.45. The number of esters is 1. The van der Waals surface area contributed by atoms with Crippen molar-refractivity contribution in [3.05, 3.63) is 72.8 Å². The molecule has 0 amide bonds. The maximum absolute atomic E-state index is 12.0. The Kier molecular flexibility index (Phi) is 5.10. The Morgan fingerprint density at radius 2 is 1.64 bits per heavy atom. The van der Waals surface area contributed by atoms with Gasteiger partial charge in [0, 0.05) is 16.3 Å². The minimum atomic E-state index is -0.433. The van der Waals surface area contributed by atoms with Gasteiger partial charge in [-0.1, -0.05) is 49.0 Å². The lowest BCUT2D eigenvalue weighted by molar-refractivity contribution is -0.130. The summed E-state index contributed by atoms with van der Waals surface area (Å²) in [6, 6.07) is 19.2. The molecular formula is C21H18O3S. The van der Waals surface area contributed by atoms with E-state index >= 15 is 0 Å². The van der Waals surface area contributed by atoms with Crippen LogP contribution < -0.4 is 9.47 Å². The molecule has 0 bridgehead atoms. The van der Waals surface area contributed by atoms with Crippen LogP contribution in [0.15, 0.2) is 77.7 Å². The van der Waals surface area contributed by atoms with Crippen LogP contribution in [-0.2, 0) is 4.79 Å². The van der Waals surface area contributed by atoms with E-state index in [1.807, 2.05) is 66.9 Å². The van der Waals surface area contributed by atoms with E-state index < -0.39 is 5.97 Å². The number of fused-ring (bicyclic) bond motifs is 1. The summed E-state index contributed by atoms with van der Waals surface area (Å²) in [5, 5.41) is 1.71. The maximum atomic E-state index is 12.0. The van der Waals surface area contributed by atoms with Crippen LogP contribution in [0.1, 0.15) is 6.92 Å². The third-order valence-corrected chi connectivity index (χ3v) is 4.40. The summed E-state index contributed by atoms with van der Waals surface area (Å²) in [6.07, 6.45) is 1.94. The zero-order valence-electron chi connectivity index (χ0n) is 14.1. The molecule has 0 saturated heterocycles. The van der Waals surface area contributed by atoms with Crippen molar-refractivity contribution in [2.45, 2.75) is 11.8 Å². The van der Waals surface area contributed by atoms with Crippen molar-refractivity contribution >= 4 is 28.5 Å². The third-order valence-electron chi connectivity index (χ3n) is 3.66. The minimum Gasteiger partial charge on any atom is -0.457 e. The molecule has 0 atom stereocenters. The molecule has 0 spiro atoms. The quantitative estimate of drug-likeness (QED) is 0.251. The van der Waals surface area contributed by atoms with Crippen molar-refractivity contribution in [1.82, 2.24) is 0 Å². The zero-order chi connectivity index (χ0) is 17.8. The molecule has 0 N–H and O–H groups in total. The number of thioether (sulfide) groups is 1. The Balaban J connectivity index is 2.14. The fourth-order valence-electron chi connectivity index (χ4n) is 2.43. The molecule has 0 unspecified atom stereocenters. The lowest BCUT2D eigenvalue weighted by Gasteiger charge is -2.16. The van der Waals surface area contributed by atoms with Crippen molar-refractivity contribution in [3.8, 4) is 17.2 Å². The summed E-state index contributed by atoms with van der Waals surface area (Å²) >= 11 is 1.50. The summed E-state index contributed by atoms with van der Waals surface area (Å²) < 4.78 is 11.7. The van der Waals surface area contributed by atoms with E-state index in [0.29, 0.717) is 11.3 Å². The normalized spacial score (nSPS) is 10.5. The van der Waals surface area contributed by atoms with E-state index in [1.165, 1.54) is 11.8 Å². The molecule has 0 aliphatic rings. The lowest BCUT2D eigenvalue weighted by atomic mass is 10.1. The molecule has 0 heterocycles. The number of hydrogen-bond donors (Lipinski definition) is 0. The molecule has 0 aliphatic heterocycles. The largest absolute Gasteiger partial charge is 0.457 e. The van der Waals surface area contributed by atoms with Gasteiger partial charge in [0.25, 0.3) is 0 Å². The first-order valence-electron chi connectivity index (χ1n) is 7.80. The Bertz CT molecular complexity index is 933. The van der Waals surface area contributed by atoms with Crippen LogP contribution >= 0.6 is 11.8 Å². The number of rotatable bonds is 5. The van der Waals surface area contributed by atoms with Crippen LogP contribution in [0.5, 0.6) is 17.2 Å². The molecule has 3 aromatic rings. The highest BCUT2D eigenvalue weighted by Crippen LogP contribution is 2.42. The van der Waals surface area contributed by atoms with Gasteiger partial charge in [-0.3, -0.25) is 0 Å². The molecule has 4 heteroatoms. The van der Waals surface area contributed by atoms with Crippen molar-refractivity contribution in [2.24, 2.45) is 0 Å². The highest BCUT2D eigenvalue weighted by molar-refractivity contribution is 7.98. The topological polar surface area (TPSA) is 35.5 Å². The number of benzene rings is 3. The average Bonchev–Trinajstić information content (AvgIpc) is 2.64. The smallest absolute Gasteiger partial charge is 0.338 e. The van der Waals surface area contributed by atoms with E-state index in [0.717, 1.165) is 27.2 Å². The van der Waals surface area contributed by atoms with Crippen LogP contribution in [-0.4, -0.2) is 12.2 Å². The fraction of sp³-hybridized carbons (Fsp3) is 0.0952. The molecule has 25 heavy (non-hydrogen) atoms. The van der Waals surface area contributed by atoms with E-state index in [4.69, 9.17) is 9.47 Å². The van der Waals surface area contributed by atoms with Gasteiger partial charge in [-0.2, -0.15) is 0 Å². The fourth-order valence-corrected chi connectivity index (χ4v) is 2.99. The van der Waals surface area contributed by atoms with Crippen LogP contribution in [0.3, 0.4) is 0 Å². The molecule has 0 aliphatic carbocycles. The molecule has 0 radical (unpaired) electrons. The van der Waals surface area contributed by atoms with Crippen molar-refractivity contribution in [3.63, 3.8) is 0 Å². The summed E-state index contributed by atoms with van der Waals surface area (Å²) in [5.74, 6) is 1.58. The van der Waals surface area contributed by atoms with Crippen LogP contribution in [0, 0.1) is 0 Å². The van der Waals surface area contributed by atoms with Crippen LogP contribution in [0.25, 0.3) is 10.8 Å². The molecule has 3 rings (SSSR count). The molecule has 0 fully saturated rings. The Labute approximate surface area is 151 Å². The van der Waals surface area contributed by atoms with Gasteiger partial charge in [-0.25, -0.2) is 4.79 Å². The van der Waals surface area contributed by atoms with Crippen LogP contribution in [0.4, 0.5) is 0 Å². The Morgan fingerprint density at radius 1 is 1.00 bits per heavy atom. The Hall–Kier alpha value is -2.72. The molecule has 3 nitrogen and oxygen atoms in total. The number of para-hydroxylation sites is 1. The van der Waals surface area contributed by atoms with Gasteiger partial charge in [-0.15, -0.1) is 11.8 Å². The first-order valence-corrected chi connectivity index (χ1v) is 9.03. The summed E-state index contributed by atoms with van der Waals surface area (Å²) in [5.41, 5.74) is 0.362. The highest BCUT2D eigenvalue weighted by Gasteiger charge is 2.17. The number of hydrogen-bond acceptors (Lipinski definition) is 4. The molecule has 0 aromatic heterocycles. The van der Waals surface area contributed by atoms with Gasteiger partial charge in [0.15, 0.2) is 5.75 Å². The summed E-state index contributed by atoms with van der Waals surface area (Å²) in [6.45, 7) is 5.29. The second-order valence-electron chi connectivity index (χ2n) is 5.54. The highest BCUT2D eigenvalue weighted by atomic mass is 32.2. The summed E-state index contributed by atoms with van der Waals surface area (Å²) in [4.78, 5) is 12.9. The maximum Gasteiger partial charge on any atom is 0.338 e. The minimum absolute atomic E-state index is 0.362. The van der Waals surface area contributed by atoms with Gasteiger partial charge in [0.2, 0.25) is 0 Å². The number of ether oxygens (including phenoxy) is 2. The second-order valence-corrected chi connectivity index (χ2v) is 6.38. The molecule has 126 valence electrons. The monoisotopic (exact) mass is 350 g/mol. The number of carbonyl (C=O) groups is 1. The van der Waals surface area contributed by atoms with E-state index in [2.05, 4.69) is 6.58 Å². The van der Waals surface area contributed by atoms with Gasteiger partial charge in [0.05, 0.1) is 4.90 Å². The van der Waals surface area contributed by atoms with Crippen molar-refractivity contribution in [1.29, 1.82) is 0 Å². The predicted molar refractivity (Wildman–Crippen MR) is 103 cm³/mol. The van der Waals surface area contributed by atoms with Crippen molar-refractivity contribution < 1.29 is 14.3 Å². The predicted octanol–water partition coefficient (Wildman–Crippen LogP) is 5.84. The standard InChI is InChI=1S/C21H18O3S/c1-14(2)21(22)24-20-17-12-8-7-11-16(17)18(13-19(20)25-3)23-15-9-5-4-6-10-15/h4-13H,1H2,2-3H3. The van der Waals surface area contributed by atoms with Gasteiger partial charge < -0.3 is 9.47 Å². The zero-order valence-corrected chi connectivity index (χ0v) is 14.9. The molecular weight excluding hydrogens is 332 g/mol. The van der Waals surface area contributed by atoms with E-state index in [-0.39, 0.29) is 0 Å². The first kappa shape index (κ1) is 17.1. The van der Waals surface area contributed by atoms with Crippen molar-refractivity contribution in [2.75, 3.05) is 6.26 Å². The average molecular weight is 350 g/mol. The van der Waals surface area contributed by atoms with Gasteiger partial charge >= 0.3 is 5.97 Å². The van der Waals surface area contributed by atoms with Gasteiger partial charge in [0.1, 0.15) is 11.5 Å². The molecule has 0 saturated carbocycles. The molecule has 3 aromatic carbocycles.